The molecule has 2 unspecified atom stereocenters. The Kier molecular flexibility index (Phi) is 8.27. The van der Waals surface area contributed by atoms with Crippen molar-refractivity contribution in [3.63, 3.8) is 0 Å². The number of carbonyl (C=O) groups is 4. The third-order valence-corrected chi connectivity index (χ3v) is 7.29. The Hall–Kier alpha value is -5.02. The van der Waals surface area contributed by atoms with Crippen LogP contribution >= 0.6 is 0 Å². The van der Waals surface area contributed by atoms with E-state index in [0.717, 1.165) is 17.0 Å². The number of aromatic nitrogens is 3. The summed E-state index contributed by atoms with van der Waals surface area (Å²) in [5.41, 5.74) is 0.995. The molecule has 0 spiro atoms. The first-order valence-corrected chi connectivity index (χ1v) is 13.5. The predicted molar refractivity (Wildman–Crippen MR) is 148 cm³/mol. The normalized spacial score (nSPS) is 17.6. The number of methoxy groups -OCH3 is 1. The summed E-state index contributed by atoms with van der Waals surface area (Å²) < 4.78 is 41.6. The molecule has 2 aliphatic rings. The third-order valence-electron chi connectivity index (χ3n) is 7.29. The van der Waals surface area contributed by atoms with E-state index in [9.17, 15) is 19.2 Å². The Bertz CT molecular complexity index is 1550. The number of aryl methyl sites for hydroxylation is 1. The number of nitrogens with one attached hydrogen (secondary N) is 2. The molecule has 2 N–H and O–H groups in total. The Morgan fingerprint density at radius 3 is 2.53 bits per heavy atom. The predicted octanol–water partition coefficient (Wildman–Crippen LogP) is 1.46. The molecule has 16 heteroatoms. The van der Waals surface area contributed by atoms with Crippen molar-refractivity contribution in [2.45, 2.75) is 26.0 Å². The lowest BCUT2D eigenvalue weighted by molar-refractivity contribution is -0.133. The molecule has 0 bridgehead atoms. The molecule has 2 fully saturated rings. The number of anilines is 2. The number of hydrogen-bond donors (Lipinski definition) is 2. The topological polar surface area (TPSA) is 151 Å². The van der Waals surface area contributed by atoms with Gasteiger partial charge in [0.1, 0.15) is 23.5 Å². The smallest absolute Gasteiger partial charge is 0.414 e. The van der Waals surface area contributed by atoms with E-state index in [1.165, 1.54) is 29.3 Å². The van der Waals surface area contributed by atoms with Crippen LogP contribution in [0.25, 0.3) is 5.65 Å². The van der Waals surface area contributed by atoms with Gasteiger partial charge in [-0.3, -0.25) is 23.9 Å². The van der Waals surface area contributed by atoms with Crippen LogP contribution in [-0.4, -0.2) is 102 Å². The Balaban J connectivity index is 1.18. The van der Waals surface area contributed by atoms with Crippen molar-refractivity contribution in [3.05, 3.63) is 53.7 Å². The van der Waals surface area contributed by atoms with Gasteiger partial charge in [0.05, 0.1) is 37.8 Å². The molecule has 4 heterocycles. The van der Waals surface area contributed by atoms with Crippen LogP contribution in [0.15, 0.2) is 30.7 Å². The van der Waals surface area contributed by atoms with Crippen LogP contribution in [-0.2, 0) is 14.3 Å². The van der Waals surface area contributed by atoms with Crippen molar-refractivity contribution in [2.24, 2.45) is 0 Å². The molecular weight excluding hydrogens is 570 g/mol. The van der Waals surface area contributed by atoms with E-state index in [-0.39, 0.29) is 56.6 Å². The van der Waals surface area contributed by atoms with Crippen LogP contribution < -0.4 is 20.4 Å². The van der Waals surface area contributed by atoms with Gasteiger partial charge in [0.25, 0.3) is 5.91 Å². The van der Waals surface area contributed by atoms with Crippen molar-refractivity contribution in [2.75, 3.05) is 56.2 Å². The maximum Gasteiger partial charge on any atom is 0.414 e. The number of amides is 4. The zero-order chi connectivity index (χ0) is 30.8. The van der Waals surface area contributed by atoms with Gasteiger partial charge in [0.15, 0.2) is 17.3 Å². The largest absolute Gasteiger partial charge is 0.453 e. The van der Waals surface area contributed by atoms with Crippen molar-refractivity contribution in [1.82, 2.24) is 29.9 Å². The van der Waals surface area contributed by atoms with E-state index in [2.05, 4.69) is 25.3 Å². The number of halogens is 2. The molecule has 0 saturated carbocycles. The van der Waals surface area contributed by atoms with Gasteiger partial charge < -0.3 is 29.9 Å². The third kappa shape index (κ3) is 5.98. The molecule has 2 saturated heterocycles. The molecule has 2 aliphatic heterocycles. The van der Waals surface area contributed by atoms with Crippen LogP contribution in [0.3, 0.4) is 0 Å². The van der Waals surface area contributed by atoms with Crippen molar-refractivity contribution in [1.29, 1.82) is 0 Å². The second-order valence-electron chi connectivity index (χ2n) is 10.1. The molecule has 2 aromatic heterocycles. The number of alkyl carbamates (subject to hydrolysis) is 1. The second-order valence-corrected chi connectivity index (χ2v) is 10.1. The summed E-state index contributed by atoms with van der Waals surface area (Å²) in [6.07, 6.45) is 2.44. The number of imidazole rings is 1. The average Bonchev–Trinajstić information content (AvgIpc) is 3.53. The molecule has 4 amide bonds. The lowest BCUT2D eigenvalue weighted by atomic mass is 10.1. The fourth-order valence-electron chi connectivity index (χ4n) is 5.17. The Morgan fingerprint density at radius 1 is 1.16 bits per heavy atom. The monoisotopic (exact) mass is 600 g/mol. The highest BCUT2D eigenvalue weighted by atomic mass is 19.1. The van der Waals surface area contributed by atoms with Gasteiger partial charge in [0, 0.05) is 50.7 Å². The maximum absolute atomic E-state index is 15.2. The van der Waals surface area contributed by atoms with Gasteiger partial charge in [-0.15, -0.1) is 0 Å². The number of rotatable bonds is 7. The van der Waals surface area contributed by atoms with Crippen molar-refractivity contribution >= 4 is 41.0 Å². The highest BCUT2D eigenvalue weighted by molar-refractivity contribution is 5.97. The molecule has 43 heavy (non-hydrogen) atoms. The summed E-state index contributed by atoms with van der Waals surface area (Å²) in [5, 5.41) is 5.13. The molecule has 5 rings (SSSR count). The number of ether oxygens (including phenoxy) is 2. The SMILES string of the molecule is COC(=O)NCC1CN(c2cc(F)c(N3CCN(C(=O)C(C)NC(=O)c4c(C)nc5cnccn45)CC3)c(F)c2)C(=O)O1. The van der Waals surface area contributed by atoms with E-state index >= 15 is 8.78 Å². The lowest BCUT2D eigenvalue weighted by Crippen LogP contribution is -2.54. The Labute approximate surface area is 244 Å². The van der Waals surface area contributed by atoms with Crippen LogP contribution in [0.2, 0.25) is 0 Å². The Morgan fingerprint density at radius 2 is 1.86 bits per heavy atom. The van der Waals surface area contributed by atoms with E-state index in [4.69, 9.17) is 4.74 Å². The van der Waals surface area contributed by atoms with Gasteiger partial charge in [-0.1, -0.05) is 0 Å². The van der Waals surface area contributed by atoms with Crippen molar-refractivity contribution < 1.29 is 37.4 Å². The fourth-order valence-corrected chi connectivity index (χ4v) is 5.17. The lowest BCUT2D eigenvalue weighted by Gasteiger charge is -2.37. The minimum atomic E-state index is -0.877. The quantitative estimate of drug-likeness (QED) is 0.411. The highest BCUT2D eigenvalue weighted by Gasteiger charge is 2.35. The highest BCUT2D eigenvalue weighted by Crippen LogP contribution is 2.31. The minimum Gasteiger partial charge on any atom is -0.453 e. The number of carbonyl (C=O) groups excluding carboxylic acids is 4. The molecule has 3 aromatic rings. The van der Waals surface area contributed by atoms with Crippen LogP contribution in [0.4, 0.5) is 29.7 Å². The minimum absolute atomic E-state index is 0.0232. The van der Waals surface area contributed by atoms with E-state index in [1.807, 2.05) is 0 Å². The van der Waals surface area contributed by atoms with E-state index in [0.29, 0.717) is 17.0 Å². The van der Waals surface area contributed by atoms with E-state index in [1.54, 1.807) is 24.4 Å². The van der Waals surface area contributed by atoms with Crippen LogP contribution in [0.1, 0.15) is 23.1 Å². The molecule has 2 atom stereocenters. The molecule has 0 radical (unpaired) electrons. The molecule has 228 valence electrons. The number of piperazine rings is 1. The summed E-state index contributed by atoms with van der Waals surface area (Å²) >= 11 is 0. The molecule has 1 aromatic carbocycles. The standard InChI is InChI=1S/C27H30F2N8O6/c1-15-22(36-5-4-30-13-21(36)32-15)24(38)33-16(2)25(39)35-8-6-34(7-9-35)23-19(28)10-17(11-20(23)29)37-14-18(43-27(37)41)12-31-26(40)42-3/h4-5,10-11,13,16,18H,6-9,12,14H2,1-3H3,(H,31,40)(H,33,38). The zero-order valence-electron chi connectivity index (χ0n) is 23.7. The van der Waals surface area contributed by atoms with Gasteiger partial charge in [-0.2, -0.15) is 0 Å². The first-order chi connectivity index (χ1) is 20.6. The summed E-state index contributed by atoms with van der Waals surface area (Å²) in [4.78, 5) is 62.1. The maximum atomic E-state index is 15.2. The van der Waals surface area contributed by atoms with Gasteiger partial charge in [-0.25, -0.2) is 23.4 Å². The summed E-state index contributed by atoms with van der Waals surface area (Å²) in [6, 6.07) is 1.23. The average molecular weight is 601 g/mol. The number of cyclic esters (lactones) is 1. The fraction of sp³-hybridized carbons (Fsp3) is 0.407. The molecule has 0 aliphatic carbocycles. The van der Waals surface area contributed by atoms with Gasteiger partial charge >= 0.3 is 12.2 Å². The van der Waals surface area contributed by atoms with E-state index < -0.39 is 41.9 Å². The van der Waals surface area contributed by atoms with Crippen LogP contribution in [0, 0.1) is 18.6 Å². The number of fused-ring (bicyclic) bond motifs is 1. The summed E-state index contributed by atoms with van der Waals surface area (Å²) in [6.45, 7) is 3.85. The van der Waals surface area contributed by atoms with Gasteiger partial charge in [-0.05, 0) is 13.8 Å². The first-order valence-electron chi connectivity index (χ1n) is 13.5. The number of hydrogen-bond acceptors (Lipinski definition) is 9. The molecular formula is C27H30F2N8O6. The first kappa shape index (κ1) is 29.5. The van der Waals surface area contributed by atoms with Crippen LogP contribution in [0.5, 0.6) is 0 Å². The number of benzene rings is 1. The molecule has 14 nitrogen and oxygen atoms in total. The van der Waals surface area contributed by atoms with Crippen molar-refractivity contribution in [3.8, 4) is 0 Å². The zero-order valence-corrected chi connectivity index (χ0v) is 23.7. The summed E-state index contributed by atoms with van der Waals surface area (Å²) in [7, 11) is 1.19. The second kappa shape index (κ2) is 12.1. The summed E-state index contributed by atoms with van der Waals surface area (Å²) in [5.74, 6) is -2.55. The van der Waals surface area contributed by atoms with Gasteiger partial charge in [0.2, 0.25) is 5.91 Å². The number of nitrogens with zero attached hydrogens (tertiary/aromatic N) is 6.